The van der Waals surface area contributed by atoms with Crippen LogP contribution in [0.4, 0.5) is 0 Å². The van der Waals surface area contributed by atoms with Crippen LogP contribution >= 0.6 is 11.3 Å². The number of aromatic carboxylic acids is 1. The van der Waals surface area contributed by atoms with Gasteiger partial charge in [0.15, 0.2) is 0 Å². The Morgan fingerprint density at radius 3 is 2.41 bits per heavy atom. The summed E-state index contributed by atoms with van der Waals surface area (Å²) in [6.45, 7) is 5.06. The molecule has 0 spiro atoms. The molecule has 0 radical (unpaired) electrons. The molecule has 0 unspecified atom stereocenters. The highest BCUT2D eigenvalue weighted by Crippen LogP contribution is 2.21. The number of thiophene rings is 1. The second-order valence-corrected chi connectivity index (χ2v) is 7.18. The zero-order valence-electron chi connectivity index (χ0n) is 9.55. The highest BCUT2D eigenvalue weighted by Gasteiger charge is 2.22. The van der Waals surface area contributed by atoms with Gasteiger partial charge in [0, 0.05) is 0 Å². The quantitative estimate of drug-likeness (QED) is 0.814. The SMILES string of the molecule is CC(C)(C)ONS(=O)(=O)c1ccc(C(=O)O)s1. The number of rotatable bonds is 4. The van der Waals surface area contributed by atoms with Gasteiger partial charge in [-0.2, -0.15) is 0 Å². The van der Waals surface area contributed by atoms with Gasteiger partial charge in [-0.25, -0.2) is 13.2 Å². The van der Waals surface area contributed by atoms with Crippen molar-refractivity contribution in [1.29, 1.82) is 0 Å². The maximum Gasteiger partial charge on any atom is 0.345 e. The Balaban J connectivity index is 2.86. The van der Waals surface area contributed by atoms with Crippen LogP contribution in [-0.2, 0) is 14.9 Å². The van der Waals surface area contributed by atoms with E-state index in [1.165, 1.54) is 12.1 Å². The van der Waals surface area contributed by atoms with Crippen LogP contribution in [0.25, 0.3) is 0 Å². The maximum atomic E-state index is 11.7. The number of carbonyl (C=O) groups is 1. The van der Waals surface area contributed by atoms with Crippen LogP contribution in [0.15, 0.2) is 16.3 Å². The molecule has 0 bridgehead atoms. The molecule has 0 saturated carbocycles. The Labute approximate surface area is 103 Å². The minimum atomic E-state index is -3.82. The second-order valence-electron chi connectivity index (χ2n) is 4.23. The fourth-order valence-corrected chi connectivity index (χ4v) is 2.88. The molecular weight excluding hydrogens is 266 g/mol. The second kappa shape index (κ2) is 4.73. The first-order chi connectivity index (χ1) is 7.62. The monoisotopic (exact) mass is 279 g/mol. The maximum absolute atomic E-state index is 11.7. The molecule has 6 nitrogen and oxygen atoms in total. The molecule has 2 N–H and O–H groups in total. The summed E-state index contributed by atoms with van der Waals surface area (Å²) >= 11 is 0.668. The van der Waals surface area contributed by atoms with Crippen molar-refractivity contribution >= 4 is 27.3 Å². The van der Waals surface area contributed by atoms with E-state index in [0.717, 1.165) is 0 Å². The third kappa shape index (κ3) is 4.08. The fraction of sp³-hybridized carbons (Fsp3) is 0.444. The number of nitrogens with one attached hydrogen (secondary N) is 1. The largest absolute Gasteiger partial charge is 0.477 e. The Morgan fingerprint density at radius 1 is 1.41 bits per heavy atom. The lowest BCUT2D eigenvalue weighted by molar-refractivity contribution is -0.0356. The topological polar surface area (TPSA) is 92.7 Å². The van der Waals surface area contributed by atoms with Crippen LogP contribution in [0.1, 0.15) is 30.4 Å². The van der Waals surface area contributed by atoms with Gasteiger partial charge in [-0.3, -0.25) is 4.84 Å². The van der Waals surface area contributed by atoms with Crippen LogP contribution in [0, 0.1) is 0 Å². The number of sulfonamides is 1. The normalized spacial score (nSPS) is 12.6. The molecular formula is C9H13NO5S2. The van der Waals surface area contributed by atoms with Crippen LogP contribution in [0.2, 0.25) is 0 Å². The van der Waals surface area contributed by atoms with Crippen molar-refractivity contribution in [2.45, 2.75) is 30.6 Å². The molecule has 0 aromatic carbocycles. The summed E-state index contributed by atoms with van der Waals surface area (Å²) in [5.74, 6) is -1.16. The lowest BCUT2D eigenvalue weighted by Gasteiger charge is -2.18. The highest BCUT2D eigenvalue weighted by molar-refractivity contribution is 7.91. The van der Waals surface area contributed by atoms with Crippen molar-refractivity contribution < 1.29 is 23.2 Å². The molecule has 0 atom stereocenters. The van der Waals surface area contributed by atoms with Crippen LogP contribution in [-0.4, -0.2) is 25.1 Å². The molecule has 96 valence electrons. The van der Waals surface area contributed by atoms with Crippen molar-refractivity contribution in [1.82, 2.24) is 4.89 Å². The molecule has 0 aliphatic heterocycles. The summed E-state index contributed by atoms with van der Waals surface area (Å²) < 4.78 is 23.3. The zero-order valence-corrected chi connectivity index (χ0v) is 11.2. The Morgan fingerprint density at radius 2 is 2.00 bits per heavy atom. The average molecular weight is 279 g/mol. The summed E-state index contributed by atoms with van der Waals surface area (Å²) in [6.07, 6.45) is 0. The number of hydrogen-bond donors (Lipinski definition) is 2. The van der Waals surface area contributed by atoms with Crippen molar-refractivity contribution in [3.05, 3.63) is 17.0 Å². The molecule has 1 heterocycles. The summed E-state index contributed by atoms with van der Waals surface area (Å²) in [5.41, 5.74) is -0.667. The van der Waals surface area contributed by atoms with E-state index in [2.05, 4.69) is 0 Å². The standard InChI is InChI=1S/C9H13NO5S2/c1-9(2,3)15-10-17(13,14)7-5-4-6(16-7)8(11)12/h4-5,10H,1-3H3,(H,11,12). The predicted molar refractivity (Wildman–Crippen MR) is 62.4 cm³/mol. The van der Waals surface area contributed by atoms with E-state index in [1.54, 1.807) is 20.8 Å². The Kier molecular flexibility index (Phi) is 3.92. The predicted octanol–water partition coefficient (Wildman–Crippen LogP) is 1.45. The van der Waals surface area contributed by atoms with E-state index in [0.29, 0.717) is 11.3 Å². The lowest BCUT2D eigenvalue weighted by Crippen LogP contribution is -2.33. The first-order valence-corrected chi connectivity index (χ1v) is 6.95. The molecule has 0 amide bonds. The lowest BCUT2D eigenvalue weighted by atomic mass is 10.2. The molecule has 0 saturated heterocycles. The minimum absolute atomic E-state index is 0.0406. The molecule has 8 heteroatoms. The van der Waals surface area contributed by atoms with E-state index >= 15 is 0 Å². The van der Waals surface area contributed by atoms with Gasteiger partial charge in [-0.1, -0.05) is 4.89 Å². The van der Waals surface area contributed by atoms with Crippen molar-refractivity contribution in [2.24, 2.45) is 0 Å². The number of carboxylic acids is 1. The van der Waals surface area contributed by atoms with Crippen LogP contribution in [0.3, 0.4) is 0 Å². The van der Waals surface area contributed by atoms with Gasteiger partial charge in [0.05, 0.1) is 5.60 Å². The molecule has 0 aliphatic rings. The van der Waals surface area contributed by atoms with Gasteiger partial charge >= 0.3 is 5.97 Å². The van der Waals surface area contributed by atoms with E-state index in [4.69, 9.17) is 9.94 Å². The summed E-state index contributed by atoms with van der Waals surface area (Å²) in [4.78, 5) is 17.5. The minimum Gasteiger partial charge on any atom is -0.477 e. The molecule has 0 fully saturated rings. The van der Waals surface area contributed by atoms with Crippen molar-refractivity contribution in [2.75, 3.05) is 0 Å². The van der Waals surface area contributed by atoms with E-state index in [1.807, 2.05) is 4.89 Å². The molecule has 1 aromatic rings. The number of carboxylic acid groups (broad SMARTS) is 1. The van der Waals surface area contributed by atoms with Gasteiger partial charge < -0.3 is 5.11 Å². The third-order valence-electron chi connectivity index (χ3n) is 1.51. The summed E-state index contributed by atoms with van der Waals surface area (Å²) in [5, 5.41) is 8.69. The summed E-state index contributed by atoms with van der Waals surface area (Å²) in [7, 11) is -3.82. The first kappa shape index (κ1) is 14.1. The van der Waals surface area contributed by atoms with Crippen molar-refractivity contribution in [3.63, 3.8) is 0 Å². The van der Waals surface area contributed by atoms with Gasteiger partial charge in [-0.15, -0.1) is 11.3 Å². The molecule has 17 heavy (non-hydrogen) atoms. The third-order valence-corrected chi connectivity index (χ3v) is 4.26. The Hall–Kier alpha value is -0.960. The fourth-order valence-electron chi connectivity index (χ4n) is 0.800. The van der Waals surface area contributed by atoms with Gasteiger partial charge in [0.2, 0.25) is 0 Å². The smallest absolute Gasteiger partial charge is 0.345 e. The highest BCUT2D eigenvalue weighted by atomic mass is 32.2. The molecule has 0 aliphatic carbocycles. The van der Waals surface area contributed by atoms with Gasteiger partial charge in [-0.05, 0) is 32.9 Å². The van der Waals surface area contributed by atoms with E-state index < -0.39 is 21.6 Å². The van der Waals surface area contributed by atoms with E-state index in [-0.39, 0.29) is 9.09 Å². The van der Waals surface area contributed by atoms with Gasteiger partial charge in [0.1, 0.15) is 9.09 Å². The first-order valence-electron chi connectivity index (χ1n) is 4.65. The van der Waals surface area contributed by atoms with Crippen molar-refractivity contribution in [3.8, 4) is 0 Å². The zero-order chi connectivity index (χ0) is 13.3. The van der Waals surface area contributed by atoms with Gasteiger partial charge in [0.25, 0.3) is 10.0 Å². The average Bonchev–Trinajstić information content (AvgIpc) is 2.63. The summed E-state index contributed by atoms with van der Waals surface area (Å²) in [6, 6.07) is 2.46. The Bertz CT molecular complexity index is 512. The van der Waals surface area contributed by atoms with Crippen LogP contribution in [0.5, 0.6) is 0 Å². The number of hydrogen-bond acceptors (Lipinski definition) is 5. The van der Waals surface area contributed by atoms with E-state index in [9.17, 15) is 13.2 Å². The van der Waals surface area contributed by atoms with Crippen LogP contribution < -0.4 is 4.89 Å². The molecule has 1 aromatic heterocycles. The molecule has 1 rings (SSSR count).